The Morgan fingerprint density at radius 2 is 1.00 bits per heavy atom. The van der Waals surface area contributed by atoms with E-state index < -0.39 is 16.1 Å². The van der Waals surface area contributed by atoms with Crippen LogP contribution in [0.3, 0.4) is 0 Å². The lowest BCUT2D eigenvalue weighted by molar-refractivity contribution is 0.580. The number of rotatable bonds is 7. The van der Waals surface area contributed by atoms with E-state index in [9.17, 15) is 0 Å². The molecule has 0 radical (unpaired) electrons. The molecule has 0 N–H and O–H groups in total. The minimum Gasteiger partial charge on any atom is -0.103 e. The van der Waals surface area contributed by atoms with Gasteiger partial charge in [-0.25, -0.2) is 0 Å². The molecule has 0 saturated heterocycles. The first kappa shape index (κ1) is 21.6. The van der Waals surface area contributed by atoms with Crippen molar-refractivity contribution in [3.8, 4) is 0 Å². The third-order valence-corrected chi connectivity index (χ3v) is 17.7. The standard InChI is InChI=1S/C23H47PSi2/c1-25(2,3)22-15-9-11-19(22)17-24(21-13-7-8-14-21)18-20-12-10-16-23(20)26(4,5)6/h19-23H,7-18H2,1-6H3/t19-,20+,22?,23?,24?. The molecule has 3 saturated carbocycles. The van der Waals surface area contributed by atoms with Crippen molar-refractivity contribution >= 4 is 24.1 Å². The first-order valence-electron chi connectivity index (χ1n) is 11.9. The van der Waals surface area contributed by atoms with Gasteiger partial charge in [-0.15, -0.1) is 7.92 Å². The highest BCUT2D eigenvalue weighted by Crippen LogP contribution is 2.59. The average molecular weight is 411 g/mol. The zero-order chi connectivity index (χ0) is 18.9. The molecular formula is C23H47PSi2. The van der Waals surface area contributed by atoms with Gasteiger partial charge in [0.1, 0.15) is 0 Å². The van der Waals surface area contributed by atoms with Gasteiger partial charge in [0, 0.05) is 16.1 Å². The molecule has 0 amide bonds. The number of hydrogen-bond acceptors (Lipinski definition) is 0. The molecule has 0 nitrogen and oxygen atoms in total. The first-order chi connectivity index (χ1) is 12.2. The van der Waals surface area contributed by atoms with Gasteiger partial charge < -0.3 is 0 Å². The normalized spacial score (nSPS) is 35.3. The Bertz CT molecular complexity index is 410. The summed E-state index contributed by atoms with van der Waals surface area (Å²) in [7, 11) is -1.61. The molecule has 3 fully saturated rings. The maximum Gasteiger partial charge on any atom is 0.0476 e. The zero-order valence-corrected chi connectivity index (χ0v) is 21.7. The van der Waals surface area contributed by atoms with Crippen LogP contribution in [0.4, 0.5) is 0 Å². The van der Waals surface area contributed by atoms with Gasteiger partial charge in [-0.1, -0.05) is 90.6 Å². The molecule has 0 aromatic heterocycles. The van der Waals surface area contributed by atoms with E-state index in [4.69, 9.17) is 0 Å². The van der Waals surface area contributed by atoms with E-state index in [1.165, 1.54) is 0 Å². The van der Waals surface area contributed by atoms with Crippen molar-refractivity contribution in [3.05, 3.63) is 0 Å². The molecule has 26 heavy (non-hydrogen) atoms. The highest BCUT2D eigenvalue weighted by atomic mass is 31.1. The Morgan fingerprint density at radius 3 is 1.38 bits per heavy atom. The summed E-state index contributed by atoms with van der Waals surface area (Å²) in [4.78, 5) is 0. The highest BCUT2D eigenvalue weighted by Gasteiger charge is 2.42. The third kappa shape index (κ3) is 5.26. The Balaban J connectivity index is 1.69. The molecule has 3 aliphatic rings. The van der Waals surface area contributed by atoms with E-state index >= 15 is 0 Å². The molecular weight excluding hydrogens is 363 g/mol. The lowest BCUT2D eigenvalue weighted by atomic mass is 10.1. The van der Waals surface area contributed by atoms with E-state index in [1.807, 2.05) is 0 Å². The summed E-state index contributed by atoms with van der Waals surface area (Å²) in [5, 5.41) is 0. The van der Waals surface area contributed by atoms with Crippen molar-refractivity contribution in [2.75, 3.05) is 12.3 Å². The van der Waals surface area contributed by atoms with Crippen LogP contribution in [0.5, 0.6) is 0 Å². The fourth-order valence-electron chi connectivity index (χ4n) is 7.04. The molecule has 3 aliphatic carbocycles. The van der Waals surface area contributed by atoms with Gasteiger partial charge in [0.25, 0.3) is 0 Å². The smallest absolute Gasteiger partial charge is 0.0476 e. The van der Waals surface area contributed by atoms with Crippen LogP contribution in [0.1, 0.15) is 64.2 Å². The van der Waals surface area contributed by atoms with Crippen molar-refractivity contribution in [2.45, 2.75) is 120 Å². The maximum atomic E-state index is 2.66. The molecule has 0 aromatic carbocycles. The predicted molar refractivity (Wildman–Crippen MR) is 128 cm³/mol. The Kier molecular flexibility index (Phi) is 7.22. The summed E-state index contributed by atoms with van der Waals surface area (Å²) < 4.78 is 0. The van der Waals surface area contributed by atoms with Crippen LogP contribution in [-0.2, 0) is 0 Å². The second kappa shape index (κ2) is 8.70. The largest absolute Gasteiger partial charge is 0.103 e. The second-order valence-corrected chi connectivity index (χ2v) is 25.8. The molecule has 0 heterocycles. The van der Waals surface area contributed by atoms with Crippen LogP contribution in [0, 0.1) is 11.8 Å². The van der Waals surface area contributed by atoms with Crippen LogP contribution in [0.2, 0.25) is 50.4 Å². The van der Waals surface area contributed by atoms with Gasteiger partial charge in [-0.05, 0) is 53.7 Å². The van der Waals surface area contributed by atoms with Gasteiger partial charge in [0.05, 0.1) is 0 Å². The fraction of sp³-hybridized carbons (Fsp3) is 1.00. The van der Waals surface area contributed by atoms with Crippen LogP contribution in [0.25, 0.3) is 0 Å². The van der Waals surface area contributed by atoms with Crippen molar-refractivity contribution in [3.63, 3.8) is 0 Å². The van der Waals surface area contributed by atoms with Crippen molar-refractivity contribution in [2.24, 2.45) is 11.8 Å². The molecule has 3 unspecified atom stereocenters. The molecule has 0 aromatic rings. The van der Waals surface area contributed by atoms with Crippen molar-refractivity contribution in [1.29, 1.82) is 0 Å². The molecule has 0 spiro atoms. The number of hydrogen-bond donors (Lipinski definition) is 0. The Hall–Kier alpha value is 0.864. The minimum atomic E-state index is -0.964. The van der Waals surface area contributed by atoms with Crippen LogP contribution in [-0.4, -0.2) is 34.1 Å². The second-order valence-electron chi connectivity index (χ2n) is 12.2. The van der Waals surface area contributed by atoms with Gasteiger partial charge in [-0.3, -0.25) is 0 Å². The Labute approximate surface area is 168 Å². The fourth-order valence-corrected chi connectivity index (χ4v) is 16.9. The quantitative estimate of drug-likeness (QED) is 0.292. The highest BCUT2D eigenvalue weighted by molar-refractivity contribution is 7.58. The summed E-state index contributed by atoms with van der Waals surface area (Å²) in [6, 6.07) is 0. The third-order valence-electron chi connectivity index (χ3n) is 8.32. The minimum absolute atomic E-state index is 0.313. The monoisotopic (exact) mass is 410 g/mol. The van der Waals surface area contributed by atoms with Crippen LogP contribution >= 0.6 is 7.92 Å². The van der Waals surface area contributed by atoms with E-state index in [2.05, 4.69) is 39.3 Å². The summed E-state index contributed by atoms with van der Waals surface area (Å²) in [6.07, 6.45) is 19.1. The van der Waals surface area contributed by atoms with E-state index in [1.54, 1.807) is 76.5 Å². The SMILES string of the molecule is C[Si](C)(C)C1CCC[C@@H]1CP(C[C@@H]1CCCC1[Si](C)(C)C)C1CCCC1. The van der Waals surface area contributed by atoms with Crippen LogP contribution in [0.15, 0.2) is 0 Å². The first-order valence-corrected chi connectivity index (χ1v) is 20.8. The van der Waals surface area contributed by atoms with E-state index in [-0.39, 0.29) is 0 Å². The zero-order valence-electron chi connectivity index (χ0n) is 18.8. The lowest BCUT2D eigenvalue weighted by Crippen LogP contribution is -2.33. The molecule has 0 bridgehead atoms. The van der Waals surface area contributed by atoms with Gasteiger partial charge in [0.2, 0.25) is 0 Å². The van der Waals surface area contributed by atoms with Gasteiger partial charge >= 0.3 is 0 Å². The van der Waals surface area contributed by atoms with E-state index in [0.29, 0.717) is 7.92 Å². The lowest BCUT2D eigenvalue weighted by Gasteiger charge is -2.38. The van der Waals surface area contributed by atoms with Crippen LogP contribution < -0.4 is 0 Å². The summed E-state index contributed by atoms with van der Waals surface area (Å²) >= 11 is 0. The van der Waals surface area contributed by atoms with E-state index in [0.717, 1.165) is 28.6 Å². The van der Waals surface area contributed by atoms with Crippen molar-refractivity contribution < 1.29 is 0 Å². The molecule has 5 atom stereocenters. The van der Waals surface area contributed by atoms with Crippen molar-refractivity contribution in [1.82, 2.24) is 0 Å². The topological polar surface area (TPSA) is 0 Å². The molecule has 0 aliphatic heterocycles. The average Bonchev–Trinajstić information content (AvgIpc) is 3.26. The maximum absolute atomic E-state index is 2.66. The molecule has 3 heteroatoms. The summed E-state index contributed by atoms with van der Waals surface area (Å²) in [5.41, 5.74) is 3.45. The molecule has 3 rings (SSSR count). The summed E-state index contributed by atoms with van der Waals surface area (Å²) in [5.74, 6) is 2.25. The molecule has 152 valence electrons. The van der Waals surface area contributed by atoms with Gasteiger partial charge in [-0.2, -0.15) is 0 Å². The Morgan fingerprint density at radius 1 is 0.577 bits per heavy atom. The predicted octanol–water partition coefficient (Wildman–Crippen LogP) is 8.43. The summed E-state index contributed by atoms with van der Waals surface area (Å²) in [6.45, 7) is 16.0. The van der Waals surface area contributed by atoms with Gasteiger partial charge in [0.15, 0.2) is 0 Å².